The summed E-state index contributed by atoms with van der Waals surface area (Å²) in [4.78, 5) is 30.1. The van der Waals surface area contributed by atoms with E-state index >= 15 is 0 Å². The van der Waals surface area contributed by atoms with Crippen molar-refractivity contribution in [2.45, 2.75) is 57.1 Å². The van der Waals surface area contributed by atoms with Gasteiger partial charge < -0.3 is 15.0 Å². The predicted octanol–water partition coefficient (Wildman–Crippen LogP) is 7.06. The quantitative estimate of drug-likeness (QED) is 0.152. The van der Waals surface area contributed by atoms with E-state index in [0.29, 0.717) is 17.0 Å². The molecule has 0 radical (unpaired) electrons. The average molecular weight is 697 g/mol. The summed E-state index contributed by atoms with van der Waals surface area (Å²) < 4.78 is 35.2. The highest BCUT2D eigenvalue weighted by molar-refractivity contribution is 7.92. The number of sulfonamides is 1. The summed E-state index contributed by atoms with van der Waals surface area (Å²) in [7, 11) is -2.84. The number of halogens is 2. The molecule has 8 nitrogen and oxygen atoms in total. The smallest absolute Gasteiger partial charge is 0.264 e. The molecule has 11 heteroatoms. The van der Waals surface area contributed by atoms with Gasteiger partial charge in [-0.2, -0.15) is 0 Å². The Morgan fingerprint density at radius 2 is 1.53 bits per heavy atom. The normalized spacial score (nSPS) is 12.6. The summed E-state index contributed by atoms with van der Waals surface area (Å²) in [5.41, 5.74) is 2.41. The molecule has 0 aromatic heterocycles. The molecule has 0 bridgehead atoms. The summed E-state index contributed by atoms with van der Waals surface area (Å²) in [6.45, 7) is 5.02. The van der Waals surface area contributed by atoms with E-state index in [9.17, 15) is 18.0 Å². The van der Waals surface area contributed by atoms with Crippen molar-refractivity contribution in [3.63, 3.8) is 0 Å². The molecule has 0 heterocycles. The van der Waals surface area contributed by atoms with E-state index in [1.54, 1.807) is 54.6 Å². The molecule has 4 rings (SSSR count). The minimum absolute atomic E-state index is 0.00254. The number of carbonyl (C=O) groups is 2. The number of benzene rings is 4. The van der Waals surface area contributed by atoms with Gasteiger partial charge in [0.05, 0.1) is 27.7 Å². The highest BCUT2D eigenvalue weighted by Crippen LogP contribution is 2.34. The van der Waals surface area contributed by atoms with Gasteiger partial charge in [0.25, 0.3) is 10.0 Å². The van der Waals surface area contributed by atoms with Gasteiger partial charge in [-0.25, -0.2) is 8.42 Å². The molecule has 248 valence electrons. The topological polar surface area (TPSA) is 96.0 Å². The monoisotopic (exact) mass is 695 g/mol. The Balaban J connectivity index is 1.86. The molecule has 0 saturated heterocycles. The molecule has 2 atom stereocenters. The number of anilines is 1. The van der Waals surface area contributed by atoms with E-state index in [-0.39, 0.29) is 46.3 Å². The summed E-state index contributed by atoms with van der Waals surface area (Å²) in [5, 5.41) is 3.66. The van der Waals surface area contributed by atoms with E-state index in [4.69, 9.17) is 27.9 Å². The van der Waals surface area contributed by atoms with E-state index in [2.05, 4.69) is 5.32 Å². The molecule has 0 saturated carbocycles. The molecule has 4 aromatic rings. The van der Waals surface area contributed by atoms with Crippen LogP contribution < -0.4 is 14.4 Å². The molecule has 47 heavy (non-hydrogen) atoms. The zero-order valence-electron chi connectivity index (χ0n) is 26.8. The molecule has 0 spiro atoms. The largest absolute Gasteiger partial charge is 0.495 e. The lowest BCUT2D eigenvalue weighted by Gasteiger charge is -2.34. The minimum Gasteiger partial charge on any atom is -0.495 e. The van der Waals surface area contributed by atoms with Crippen LogP contribution in [0.2, 0.25) is 10.0 Å². The second-order valence-electron chi connectivity index (χ2n) is 11.3. The fourth-order valence-electron chi connectivity index (χ4n) is 5.06. The second kappa shape index (κ2) is 16.2. The van der Waals surface area contributed by atoms with Crippen molar-refractivity contribution in [2.24, 2.45) is 0 Å². The SMILES string of the molecule is CC[C@H](C)NC(=O)[C@@H](Cc1ccccc1)N(Cc1ccc(Cl)c(Cl)c1)C(=O)CN(c1cc(C)ccc1OC)S(=O)(=O)c1ccccc1. The van der Waals surface area contributed by atoms with Crippen molar-refractivity contribution < 1.29 is 22.7 Å². The Hall–Kier alpha value is -4.05. The lowest BCUT2D eigenvalue weighted by molar-refractivity contribution is -0.140. The standard InChI is InChI=1S/C36H39Cl2N3O5S/c1-5-26(3)39-36(43)33(22-27-12-8-6-9-13-27)40(23-28-17-18-30(37)31(38)21-28)35(42)24-41(32-20-25(2)16-19-34(32)46-4)47(44,45)29-14-10-7-11-15-29/h6-21,26,33H,5,22-24H2,1-4H3,(H,39,43)/t26-,33+/m0/s1. The first-order valence-electron chi connectivity index (χ1n) is 15.2. The Morgan fingerprint density at radius 3 is 2.15 bits per heavy atom. The lowest BCUT2D eigenvalue weighted by atomic mass is 10.0. The molecule has 0 aliphatic heterocycles. The second-order valence-corrected chi connectivity index (χ2v) is 14.0. The minimum atomic E-state index is -4.28. The van der Waals surface area contributed by atoms with Crippen LogP contribution in [-0.2, 0) is 32.6 Å². The third-order valence-corrected chi connectivity index (χ3v) is 10.3. The number of hydrogen-bond donors (Lipinski definition) is 1. The molecule has 2 amide bonds. The number of nitrogens with zero attached hydrogens (tertiary/aromatic N) is 2. The van der Waals surface area contributed by atoms with Gasteiger partial charge in [-0.1, -0.05) is 90.8 Å². The van der Waals surface area contributed by atoms with Gasteiger partial charge in [-0.15, -0.1) is 0 Å². The Morgan fingerprint density at radius 1 is 0.872 bits per heavy atom. The first-order chi connectivity index (χ1) is 22.4. The summed E-state index contributed by atoms with van der Waals surface area (Å²) in [6, 6.07) is 26.2. The van der Waals surface area contributed by atoms with Crippen LogP contribution >= 0.6 is 23.2 Å². The lowest BCUT2D eigenvalue weighted by Crippen LogP contribution is -2.54. The van der Waals surface area contributed by atoms with E-state index in [0.717, 1.165) is 15.4 Å². The van der Waals surface area contributed by atoms with Crippen molar-refractivity contribution in [1.29, 1.82) is 0 Å². The molecule has 0 aliphatic rings. The highest BCUT2D eigenvalue weighted by atomic mass is 35.5. The molecule has 0 fully saturated rings. The number of nitrogens with one attached hydrogen (secondary N) is 1. The molecule has 0 aliphatic carbocycles. The molecular formula is C36H39Cl2N3O5S. The molecular weight excluding hydrogens is 657 g/mol. The van der Waals surface area contributed by atoms with Gasteiger partial charge in [-0.05, 0) is 73.4 Å². The fraction of sp³-hybridized carbons (Fsp3) is 0.278. The number of amides is 2. The number of hydrogen-bond acceptors (Lipinski definition) is 5. The van der Waals surface area contributed by atoms with Gasteiger partial charge in [0.1, 0.15) is 18.3 Å². The highest BCUT2D eigenvalue weighted by Gasteiger charge is 2.36. The van der Waals surface area contributed by atoms with Crippen LogP contribution in [0.25, 0.3) is 0 Å². The van der Waals surface area contributed by atoms with Gasteiger partial charge in [0.2, 0.25) is 11.8 Å². The van der Waals surface area contributed by atoms with Crippen LogP contribution in [0.4, 0.5) is 5.69 Å². The van der Waals surface area contributed by atoms with Crippen molar-refractivity contribution in [3.8, 4) is 5.75 Å². The zero-order chi connectivity index (χ0) is 34.1. The van der Waals surface area contributed by atoms with Crippen molar-refractivity contribution in [3.05, 3.63) is 124 Å². The summed E-state index contributed by atoms with van der Waals surface area (Å²) in [6.07, 6.45) is 0.871. The van der Waals surface area contributed by atoms with Crippen LogP contribution in [-0.4, -0.2) is 50.9 Å². The first-order valence-corrected chi connectivity index (χ1v) is 17.4. The van der Waals surface area contributed by atoms with Crippen LogP contribution in [0.5, 0.6) is 5.75 Å². The predicted molar refractivity (Wildman–Crippen MR) is 188 cm³/mol. The van der Waals surface area contributed by atoms with Crippen LogP contribution in [0, 0.1) is 6.92 Å². The number of aryl methyl sites for hydroxylation is 1. The number of rotatable bonds is 14. The third kappa shape index (κ3) is 9.06. The van der Waals surface area contributed by atoms with Gasteiger partial charge in [0, 0.05) is 19.0 Å². The number of ether oxygens (including phenoxy) is 1. The fourth-order valence-corrected chi connectivity index (χ4v) is 6.82. The average Bonchev–Trinajstić information content (AvgIpc) is 3.07. The maximum absolute atomic E-state index is 14.7. The Kier molecular flexibility index (Phi) is 12.3. The van der Waals surface area contributed by atoms with E-state index in [1.165, 1.54) is 24.1 Å². The van der Waals surface area contributed by atoms with Crippen molar-refractivity contribution in [2.75, 3.05) is 18.0 Å². The van der Waals surface area contributed by atoms with Crippen molar-refractivity contribution in [1.82, 2.24) is 10.2 Å². The summed E-state index contributed by atoms with van der Waals surface area (Å²) in [5.74, 6) is -0.684. The molecule has 4 aromatic carbocycles. The van der Waals surface area contributed by atoms with E-state index < -0.39 is 28.5 Å². The van der Waals surface area contributed by atoms with Gasteiger partial charge >= 0.3 is 0 Å². The van der Waals surface area contributed by atoms with E-state index in [1.807, 2.05) is 51.1 Å². The van der Waals surface area contributed by atoms with Crippen molar-refractivity contribution >= 4 is 50.7 Å². The first kappa shape index (κ1) is 35.8. The maximum atomic E-state index is 14.7. The molecule has 0 unspecified atom stereocenters. The Labute approximate surface area is 287 Å². The zero-order valence-corrected chi connectivity index (χ0v) is 29.1. The Bertz CT molecular complexity index is 1790. The number of methoxy groups -OCH3 is 1. The maximum Gasteiger partial charge on any atom is 0.264 e. The third-order valence-electron chi connectivity index (χ3n) is 7.82. The van der Waals surface area contributed by atoms with Gasteiger partial charge in [0.15, 0.2) is 0 Å². The number of carbonyl (C=O) groups excluding carboxylic acids is 2. The van der Waals surface area contributed by atoms with Crippen LogP contribution in [0.3, 0.4) is 0 Å². The molecule has 1 N–H and O–H groups in total. The van der Waals surface area contributed by atoms with Gasteiger partial charge in [-0.3, -0.25) is 13.9 Å². The van der Waals surface area contributed by atoms with Crippen LogP contribution in [0.15, 0.2) is 102 Å². The van der Waals surface area contributed by atoms with Crippen LogP contribution in [0.1, 0.15) is 37.0 Å². The summed E-state index contributed by atoms with van der Waals surface area (Å²) >= 11 is 12.6.